The van der Waals surface area contributed by atoms with E-state index in [0.717, 1.165) is 0 Å². The van der Waals surface area contributed by atoms with Crippen LogP contribution in [-0.2, 0) is 9.59 Å². The van der Waals surface area contributed by atoms with E-state index in [2.05, 4.69) is 20.6 Å². The number of hydrogen-bond acceptors (Lipinski definition) is 7. The number of carbonyl (C=O) groups excluding carboxylic acids is 2. The van der Waals surface area contributed by atoms with Gasteiger partial charge in [0.1, 0.15) is 11.9 Å². The van der Waals surface area contributed by atoms with Gasteiger partial charge in [-0.3, -0.25) is 14.9 Å². The highest BCUT2D eigenvalue weighted by Crippen LogP contribution is 2.17. The maximum Gasteiger partial charge on any atom is 0.249 e. The van der Waals surface area contributed by atoms with Gasteiger partial charge in [0.15, 0.2) is 0 Å². The van der Waals surface area contributed by atoms with E-state index in [9.17, 15) is 9.59 Å². The van der Waals surface area contributed by atoms with E-state index in [1.807, 2.05) is 0 Å². The minimum atomic E-state index is -0.512. The normalized spacial score (nSPS) is 19.3. The van der Waals surface area contributed by atoms with Gasteiger partial charge in [-0.15, -0.1) is 0 Å². The van der Waals surface area contributed by atoms with Crippen LogP contribution in [0.15, 0.2) is 6.07 Å². The number of hydrogen-bond donors (Lipinski definition) is 3. The van der Waals surface area contributed by atoms with Gasteiger partial charge >= 0.3 is 0 Å². The highest BCUT2D eigenvalue weighted by molar-refractivity contribution is 6.01. The number of amides is 2. The molecular weight excluding hydrogens is 238 g/mol. The average molecular weight is 251 g/mol. The zero-order chi connectivity index (χ0) is 13.1. The van der Waals surface area contributed by atoms with Crippen molar-refractivity contribution in [3.05, 3.63) is 6.07 Å². The van der Waals surface area contributed by atoms with Gasteiger partial charge in [0.25, 0.3) is 0 Å². The van der Waals surface area contributed by atoms with Crippen molar-refractivity contribution < 1.29 is 14.3 Å². The quantitative estimate of drug-likeness (QED) is 0.607. The molecule has 1 unspecified atom stereocenters. The fourth-order valence-corrected chi connectivity index (χ4v) is 1.63. The first-order valence-corrected chi connectivity index (χ1v) is 5.37. The van der Waals surface area contributed by atoms with Crippen molar-refractivity contribution >= 4 is 23.6 Å². The molecular formula is C10H13N5O3. The highest BCUT2D eigenvalue weighted by atomic mass is 16.5. The number of rotatable bonds is 3. The molecule has 1 aliphatic heterocycles. The number of nitrogen functional groups attached to an aromatic ring is 1. The monoisotopic (exact) mass is 251 g/mol. The van der Waals surface area contributed by atoms with E-state index >= 15 is 0 Å². The number of ether oxygens (including phenoxy) is 1. The summed E-state index contributed by atoms with van der Waals surface area (Å²) in [5, 5.41) is 5.14. The van der Waals surface area contributed by atoms with Gasteiger partial charge < -0.3 is 15.8 Å². The number of imide groups is 1. The van der Waals surface area contributed by atoms with Crippen LogP contribution in [0.5, 0.6) is 5.88 Å². The van der Waals surface area contributed by atoms with Crippen LogP contribution in [0.25, 0.3) is 0 Å². The lowest BCUT2D eigenvalue weighted by atomic mass is 10.1. The Morgan fingerprint density at radius 2 is 2.28 bits per heavy atom. The largest absolute Gasteiger partial charge is 0.481 e. The molecule has 0 radical (unpaired) electrons. The number of aromatic nitrogens is 2. The predicted molar refractivity (Wildman–Crippen MR) is 62.8 cm³/mol. The van der Waals surface area contributed by atoms with Gasteiger partial charge in [-0.1, -0.05) is 0 Å². The average Bonchev–Trinajstić information content (AvgIpc) is 2.32. The molecule has 1 aromatic heterocycles. The first-order chi connectivity index (χ1) is 8.58. The fraction of sp³-hybridized carbons (Fsp3) is 0.400. The first kappa shape index (κ1) is 12.1. The number of nitrogens with two attached hydrogens (primary N) is 1. The zero-order valence-electron chi connectivity index (χ0n) is 9.77. The summed E-state index contributed by atoms with van der Waals surface area (Å²) < 4.78 is 4.94. The van der Waals surface area contributed by atoms with Gasteiger partial charge in [-0.05, 0) is 6.42 Å². The second kappa shape index (κ2) is 4.86. The third-order valence-electron chi connectivity index (χ3n) is 2.49. The first-order valence-electron chi connectivity index (χ1n) is 5.37. The Labute approximate surface area is 103 Å². The molecule has 0 bridgehead atoms. The molecule has 2 rings (SSSR count). The lowest BCUT2D eigenvalue weighted by Crippen LogP contribution is -2.47. The van der Waals surface area contributed by atoms with Crippen molar-refractivity contribution in [2.45, 2.75) is 18.9 Å². The SMILES string of the molecule is COc1cc(NC2CCC(=O)NC2=O)nc(N)n1. The van der Waals surface area contributed by atoms with Gasteiger partial charge in [0.05, 0.1) is 7.11 Å². The molecule has 1 atom stereocenters. The van der Waals surface area contributed by atoms with E-state index in [0.29, 0.717) is 24.5 Å². The van der Waals surface area contributed by atoms with Crippen LogP contribution in [0.1, 0.15) is 12.8 Å². The Bertz CT molecular complexity index is 490. The fourth-order valence-electron chi connectivity index (χ4n) is 1.63. The summed E-state index contributed by atoms with van der Waals surface area (Å²) in [4.78, 5) is 30.3. The lowest BCUT2D eigenvalue weighted by molar-refractivity contribution is -0.133. The number of carbonyl (C=O) groups is 2. The molecule has 4 N–H and O–H groups in total. The van der Waals surface area contributed by atoms with E-state index in [1.54, 1.807) is 0 Å². The molecule has 2 amide bonds. The molecule has 0 saturated carbocycles. The minimum Gasteiger partial charge on any atom is -0.481 e. The Morgan fingerprint density at radius 1 is 1.50 bits per heavy atom. The highest BCUT2D eigenvalue weighted by Gasteiger charge is 2.26. The van der Waals surface area contributed by atoms with Crippen molar-refractivity contribution in [2.75, 3.05) is 18.2 Å². The van der Waals surface area contributed by atoms with Crippen molar-refractivity contribution in [2.24, 2.45) is 0 Å². The van der Waals surface area contributed by atoms with Crippen LogP contribution in [0.3, 0.4) is 0 Å². The van der Waals surface area contributed by atoms with E-state index in [-0.39, 0.29) is 17.8 Å². The molecule has 1 fully saturated rings. The Hall–Kier alpha value is -2.38. The Kier molecular flexibility index (Phi) is 3.26. The van der Waals surface area contributed by atoms with Crippen molar-refractivity contribution in [3.63, 3.8) is 0 Å². The van der Waals surface area contributed by atoms with Crippen LogP contribution in [0.2, 0.25) is 0 Å². The number of nitrogens with one attached hydrogen (secondary N) is 2. The second-order valence-corrected chi connectivity index (χ2v) is 3.80. The summed E-state index contributed by atoms with van der Waals surface area (Å²) in [5.41, 5.74) is 5.50. The molecule has 96 valence electrons. The molecule has 8 nitrogen and oxygen atoms in total. The summed E-state index contributed by atoms with van der Waals surface area (Å²) in [6.45, 7) is 0. The maximum atomic E-state index is 11.5. The smallest absolute Gasteiger partial charge is 0.249 e. The maximum absolute atomic E-state index is 11.5. The van der Waals surface area contributed by atoms with Crippen LogP contribution >= 0.6 is 0 Å². The van der Waals surface area contributed by atoms with Crippen LogP contribution in [0, 0.1) is 0 Å². The third kappa shape index (κ3) is 2.65. The molecule has 8 heteroatoms. The van der Waals surface area contributed by atoms with Crippen molar-refractivity contribution in [1.82, 2.24) is 15.3 Å². The Morgan fingerprint density at radius 3 is 2.94 bits per heavy atom. The topological polar surface area (TPSA) is 119 Å². The summed E-state index contributed by atoms with van der Waals surface area (Å²) in [6, 6.07) is 1.02. The van der Waals surface area contributed by atoms with Gasteiger partial charge in [0.2, 0.25) is 23.6 Å². The van der Waals surface area contributed by atoms with E-state index < -0.39 is 6.04 Å². The second-order valence-electron chi connectivity index (χ2n) is 3.80. The van der Waals surface area contributed by atoms with E-state index in [1.165, 1.54) is 13.2 Å². The molecule has 1 aromatic rings. The van der Waals surface area contributed by atoms with Crippen molar-refractivity contribution in [3.8, 4) is 5.88 Å². The molecule has 1 aliphatic rings. The summed E-state index contributed by atoms with van der Waals surface area (Å²) >= 11 is 0. The standard InChI is InChI=1S/C10H13N5O3/c1-18-8-4-6(13-10(11)15-8)12-5-2-3-7(16)14-9(5)17/h4-5H,2-3H2,1H3,(H,14,16,17)(H3,11,12,13,15). The molecule has 2 heterocycles. The Balaban J connectivity index is 2.11. The summed E-state index contributed by atoms with van der Waals surface area (Å²) in [7, 11) is 1.46. The van der Waals surface area contributed by atoms with Gasteiger partial charge in [0, 0.05) is 12.5 Å². The van der Waals surface area contributed by atoms with Gasteiger partial charge in [-0.2, -0.15) is 9.97 Å². The summed E-state index contributed by atoms with van der Waals surface area (Å²) in [6.07, 6.45) is 0.706. The van der Waals surface area contributed by atoms with Crippen LogP contribution < -0.4 is 21.1 Å². The van der Waals surface area contributed by atoms with Gasteiger partial charge in [-0.25, -0.2) is 0 Å². The van der Waals surface area contributed by atoms with E-state index in [4.69, 9.17) is 10.5 Å². The van der Waals surface area contributed by atoms with Crippen molar-refractivity contribution in [1.29, 1.82) is 0 Å². The minimum absolute atomic E-state index is 0.0455. The third-order valence-corrected chi connectivity index (χ3v) is 2.49. The summed E-state index contributed by atoms with van der Waals surface area (Å²) in [5.74, 6) is 0.0931. The molecule has 0 spiro atoms. The number of nitrogens with zero attached hydrogens (tertiary/aromatic N) is 2. The lowest BCUT2D eigenvalue weighted by Gasteiger charge is -2.22. The molecule has 18 heavy (non-hydrogen) atoms. The van der Waals surface area contributed by atoms with Crippen LogP contribution in [0.4, 0.5) is 11.8 Å². The predicted octanol–water partition coefficient (Wildman–Crippen LogP) is -0.715. The zero-order valence-corrected chi connectivity index (χ0v) is 9.77. The molecule has 0 aliphatic carbocycles. The molecule has 0 aromatic carbocycles. The molecule has 1 saturated heterocycles. The number of piperidine rings is 1. The number of methoxy groups -OCH3 is 1. The van der Waals surface area contributed by atoms with Crippen LogP contribution in [-0.4, -0.2) is 34.9 Å². The number of anilines is 2.